The summed E-state index contributed by atoms with van der Waals surface area (Å²) in [4.78, 5) is 2.87. The Morgan fingerprint density at radius 1 is 1.09 bits per heavy atom. The van der Waals surface area contributed by atoms with Gasteiger partial charge in [0.2, 0.25) is 10.0 Å². The van der Waals surface area contributed by atoms with E-state index in [0.29, 0.717) is 34.6 Å². The lowest BCUT2D eigenvalue weighted by Crippen LogP contribution is -2.45. The van der Waals surface area contributed by atoms with Crippen molar-refractivity contribution >= 4 is 21.6 Å². The molecule has 0 atom stereocenters. The fraction of sp³-hybridized carbons (Fsp3) is 0.625. The van der Waals surface area contributed by atoms with Gasteiger partial charge in [-0.25, -0.2) is 8.42 Å². The second kappa shape index (κ2) is 6.48. The van der Waals surface area contributed by atoms with Gasteiger partial charge in [0.15, 0.2) is 0 Å². The van der Waals surface area contributed by atoms with Crippen molar-refractivity contribution in [1.82, 2.24) is 9.21 Å². The molecule has 0 N–H and O–H groups in total. The zero-order valence-corrected chi connectivity index (χ0v) is 14.5. The van der Waals surface area contributed by atoms with Crippen LogP contribution in [0.3, 0.4) is 0 Å². The fourth-order valence-electron chi connectivity index (χ4n) is 3.56. The zero-order valence-electron chi connectivity index (χ0n) is 13.0. The first kappa shape index (κ1) is 16.2. The van der Waals surface area contributed by atoms with Crippen LogP contribution in [0.2, 0.25) is 5.02 Å². The van der Waals surface area contributed by atoms with Crippen molar-refractivity contribution in [3.63, 3.8) is 0 Å². The van der Waals surface area contributed by atoms with Gasteiger partial charge in [-0.1, -0.05) is 17.7 Å². The first-order valence-corrected chi connectivity index (χ1v) is 9.81. The number of hydrogen-bond donors (Lipinski definition) is 0. The lowest BCUT2D eigenvalue weighted by atomic mass is 10.1. The van der Waals surface area contributed by atoms with E-state index in [0.717, 1.165) is 12.8 Å². The molecule has 4 nitrogen and oxygen atoms in total. The number of piperidine rings is 1. The average Bonchev–Trinajstić information content (AvgIpc) is 3.04. The van der Waals surface area contributed by atoms with Crippen molar-refractivity contribution in [1.29, 1.82) is 0 Å². The second-order valence-electron chi connectivity index (χ2n) is 6.24. The van der Waals surface area contributed by atoms with Gasteiger partial charge in [0, 0.05) is 24.2 Å². The fourth-order valence-corrected chi connectivity index (χ4v) is 5.51. The Morgan fingerprint density at radius 3 is 2.36 bits per heavy atom. The van der Waals surface area contributed by atoms with Gasteiger partial charge >= 0.3 is 0 Å². The van der Waals surface area contributed by atoms with Crippen LogP contribution in [0.15, 0.2) is 23.1 Å². The Morgan fingerprint density at radius 2 is 1.73 bits per heavy atom. The summed E-state index contributed by atoms with van der Waals surface area (Å²) in [6.45, 7) is 5.33. The van der Waals surface area contributed by atoms with E-state index in [1.165, 1.54) is 25.9 Å². The highest BCUT2D eigenvalue weighted by molar-refractivity contribution is 7.89. The quantitative estimate of drug-likeness (QED) is 0.848. The molecule has 22 heavy (non-hydrogen) atoms. The van der Waals surface area contributed by atoms with Gasteiger partial charge < -0.3 is 4.90 Å². The summed E-state index contributed by atoms with van der Waals surface area (Å²) in [5.74, 6) is 0. The molecule has 122 valence electrons. The van der Waals surface area contributed by atoms with Crippen molar-refractivity contribution in [2.45, 2.75) is 43.5 Å². The molecule has 1 aromatic carbocycles. The van der Waals surface area contributed by atoms with Gasteiger partial charge in [-0.15, -0.1) is 0 Å². The van der Waals surface area contributed by atoms with E-state index in [-0.39, 0.29) is 0 Å². The minimum Gasteiger partial charge on any atom is -0.300 e. The Kier molecular flexibility index (Phi) is 4.78. The molecule has 3 rings (SSSR count). The maximum atomic E-state index is 12.8. The zero-order chi connectivity index (χ0) is 15.7. The van der Waals surface area contributed by atoms with Gasteiger partial charge in [0.1, 0.15) is 0 Å². The van der Waals surface area contributed by atoms with Crippen molar-refractivity contribution in [3.8, 4) is 0 Å². The lowest BCUT2D eigenvalue weighted by Gasteiger charge is -2.36. The van der Waals surface area contributed by atoms with Crippen LogP contribution in [0, 0.1) is 6.92 Å². The standard InChI is InChI=1S/C16H23ClN2O2S/c1-13-15(17)5-4-6-16(13)22(20,21)19-11-7-14(8-12-19)18-9-2-3-10-18/h4-6,14H,2-3,7-12H2,1H3. The number of nitrogens with zero attached hydrogens (tertiary/aromatic N) is 2. The van der Waals surface area contributed by atoms with Crippen LogP contribution in [0.25, 0.3) is 0 Å². The molecule has 2 saturated heterocycles. The molecule has 6 heteroatoms. The molecule has 2 fully saturated rings. The van der Waals surface area contributed by atoms with Crippen LogP contribution in [-0.2, 0) is 10.0 Å². The summed E-state index contributed by atoms with van der Waals surface area (Å²) in [6.07, 6.45) is 4.41. The highest BCUT2D eigenvalue weighted by Gasteiger charge is 2.33. The molecule has 0 aliphatic carbocycles. The van der Waals surface area contributed by atoms with Gasteiger partial charge in [-0.3, -0.25) is 0 Å². The minimum absolute atomic E-state index is 0.347. The molecule has 0 unspecified atom stereocenters. The molecule has 2 aliphatic rings. The number of likely N-dealkylation sites (tertiary alicyclic amines) is 1. The van der Waals surface area contributed by atoms with Crippen LogP contribution < -0.4 is 0 Å². The van der Waals surface area contributed by atoms with Crippen LogP contribution >= 0.6 is 11.6 Å². The van der Waals surface area contributed by atoms with E-state index >= 15 is 0 Å². The van der Waals surface area contributed by atoms with E-state index in [1.54, 1.807) is 29.4 Å². The van der Waals surface area contributed by atoms with E-state index in [2.05, 4.69) is 4.90 Å². The van der Waals surface area contributed by atoms with E-state index < -0.39 is 10.0 Å². The Labute approximate surface area is 138 Å². The molecule has 0 aromatic heterocycles. The third-order valence-corrected chi connectivity index (χ3v) is 7.37. The van der Waals surface area contributed by atoms with Gasteiger partial charge in [-0.2, -0.15) is 4.31 Å². The normalized spacial score (nSPS) is 22.3. The molecule has 0 amide bonds. The summed E-state index contributed by atoms with van der Waals surface area (Å²) in [5.41, 5.74) is 0.644. The van der Waals surface area contributed by atoms with Gasteiger partial charge in [-0.05, 0) is 63.4 Å². The van der Waals surface area contributed by atoms with Gasteiger partial charge in [0.05, 0.1) is 4.90 Å². The van der Waals surface area contributed by atoms with Crippen molar-refractivity contribution < 1.29 is 8.42 Å². The molecular weight excluding hydrogens is 320 g/mol. The Balaban J connectivity index is 1.73. The number of sulfonamides is 1. The molecule has 0 radical (unpaired) electrons. The van der Waals surface area contributed by atoms with Crippen molar-refractivity contribution in [2.24, 2.45) is 0 Å². The maximum Gasteiger partial charge on any atom is 0.243 e. The Bertz CT molecular complexity index is 634. The second-order valence-corrected chi connectivity index (χ2v) is 8.55. The topological polar surface area (TPSA) is 40.6 Å². The first-order valence-electron chi connectivity index (χ1n) is 7.99. The lowest BCUT2D eigenvalue weighted by molar-refractivity contribution is 0.168. The summed E-state index contributed by atoms with van der Waals surface area (Å²) in [7, 11) is -3.43. The number of benzene rings is 1. The molecule has 0 saturated carbocycles. The van der Waals surface area contributed by atoms with Crippen LogP contribution in [0.5, 0.6) is 0 Å². The molecule has 0 spiro atoms. The SMILES string of the molecule is Cc1c(Cl)cccc1S(=O)(=O)N1CCC(N2CCCC2)CC1. The van der Waals surface area contributed by atoms with Crippen molar-refractivity contribution in [3.05, 3.63) is 28.8 Å². The molecule has 2 aliphatic heterocycles. The minimum atomic E-state index is -3.43. The summed E-state index contributed by atoms with van der Waals surface area (Å²) >= 11 is 6.08. The number of rotatable bonds is 3. The largest absolute Gasteiger partial charge is 0.300 e. The highest BCUT2D eigenvalue weighted by Crippen LogP contribution is 2.29. The maximum absolute atomic E-state index is 12.8. The van der Waals surface area contributed by atoms with Gasteiger partial charge in [0.25, 0.3) is 0 Å². The Hall–Kier alpha value is -0.620. The summed E-state index contributed by atoms with van der Waals surface area (Å²) in [5, 5.41) is 0.507. The average molecular weight is 343 g/mol. The third kappa shape index (κ3) is 3.04. The number of hydrogen-bond acceptors (Lipinski definition) is 3. The number of halogens is 1. The third-order valence-electron chi connectivity index (χ3n) is 4.92. The predicted molar refractivity (Wildman–Crippen MR) is 88.8 cm³/mol. The van der Waals surface area contributed by atoms with E-state index in [1.807, 2.05) is 0 Å². The molecule has 2 heterocycles. The van der Waals surface area contributed by atoms with E-state index in [4.69, 9.17) is 11.6 Å². The molecule has 1 aromatic rings. The van der Waals surface area contributed by atoms with Crippen LogP contribution in [-0.4, -0.2) is 49.8 Å². The first-order chi connectivity index (χ1) is 10.5. The summed E-state index contributed by atoms with van der Waals surface area (Å²) in [6, 6.07) is 5.65. The van der Waals surface area contributed by atoms with E-state index in [9.17, 15) is 8.42 Å². The van der Waals surface area contributed by atoms with Crippen LogP contribution in [0.1, 0.15) is 31.2 Å². The molecule has 0 bridgehead atoms. The molecular formula is C16H23ClN2O2S. The highest BCUT2D eigenvalue weighted by atomic mass is 35.5. The smallest absolute Gasteiger partial charge is 0.243 e. The predicted octanol–water partition coefficient (Wildman–Crippen LogP) is 2.90. The van der Waals surface area contributed by atoms with Crippen LogP contribution in [0.4, 0.5) is 0 Å². The monoisotopic (exact) mass is 342 g/mol. The summed E-state index contributed by atoms with van der Waals surface area (Å²) < 4.78 is 27.3. The van der Waals surface area contributed by atoms with Crippen molar-refractivity contribution in [2.75, 3.05) is 26.2 Å².